The average Bonchev–Trinajstić information content (AvgIpc) is 0.688. The average molecular weight is 1960 g/mol. The number of benzene rings is 4. The first kappa shape index (κ1) is 107. The van der Waals surface area contributed by atoms with Gasteiger partial charge in [0.1, 0.15) is 11.5 Å². The predicted molar refractivity (Wildman–Crippen MR) is 249 cm³/mol. The maximum Gasteiger partial charge on any atom is 0.460 e. The fraction of sp³-hybridized carbons (Fsp3) is 0.615. The van der Waals surface area contributed by atoms with Crippen LogP contribution in [0.5, 0.6) is 11.5 Å². The van der Waals surface area contributed by atoms with Crippen molar-refractivity contribution in [2.75, 3.05) is 0 Å². The van der Waals surface area contributed by atoms with Crippen LogP contribution in [0.15, 0.2) is 48.5 Å². The van der Waals surface area contributed by atoms with Crippen LogP contribution in [0.3, 0.4) is 0 Å². The summed E-state index contributed by atoms with van der Waals surface area (Å²) in [5.74, 6) is -279. The second-order valence-corrected chi connectivity index (χ2v) is 24.2. The zero-order chi connectivity index (χ0) is 98.6. The summed E-state index contributed by atoms with van der Waals surface area (Å²) in [4.78, 5) is 0. The Hall–Kier alpha value is -7.76. The van der Waals surface area contributed by atoms with Crippen molar-refractivity contribution in [3.05, 3.63) is 70.8 Å². The van der Waals surface area contributed by atoms with E-state index < -0.39 is 305 Å². The molecule has 0 bridgehead atoms. The smallest absolute Gasteiger partial charge is 0.460 e. The number of hydrogen-bond donors (Lipinski definition) is 2. The topological polar surface area (TPSA) is 40.5 Å². The Kier molecular flexibility index (Phi) is 23.9. The van der Waals surface area contributed by atoms with Crippen LogP contribution in [-0.4, -0.2) is 177 Å². The quantitative estimate of drug-likeness (QED) is 0.0532. The van der Waals surface area contributed by atoms with E-state index in [0.29, 0.717) is 0 Å². The summed E-state index contributed by atoms with van der Waals surface area (Å²) in [5, 5.41) is 5.90. The summed E-state index contributed by atoms with van der Waals surface area (Å²) in [7, 11) is 0. The SMILES string of the molecule is Oc1cc(C(F)(F)C(F)(F)C(F)(F)C(F)(F)C(F)(F)C(F)(F)C(F)(F)C(F)(F)F)c2cc(C(F)(F)C(F)(F)C(F)(F)C(F)(F)C(F)(F)C(F)(F)C(F)(F)C(F)(F)F)ccc2c1-c1c(O)cc(C(F)(F)C(F)(F)C(F)(F)C(F)(F)C(F)(F)C(F)(F)C(F)(F)C(F)(F)F)c2cc(C(F)(F)C(F)(F)C(F)(F)C(F)(F)C(F)(F)C(F)(F)C(F)(F)C(F)(F)F)ccc12. The molecule has 122 heavy (non-hydrogen) atoms. The van der Waals surface area contributed by atoms with Crippen LogP contribution in [-0.2, 0) is 23.7 Å². The fourth-order valence-corrected chi connectivity index (χ4v) is 9.61. The number of aromatic hydroxyl groups is 2. The molecule has 4 aromatic carbocycles. The first-order chi connectivity index (χ1) is 52.2. The molecule has 0 atom stereocenters. The fourth-order valence-electron chi connectivity index (χ4n) is 9.61. The van der Waals surface area contributed by atoms with Crippen LogP contribution in [0.25, 0.3) is 32.7 Å². The molecule has 0 aromatic heterocycles. The Bertz CT molecular complexity index is 4310. The molecule has 0 aliphatic heterocycles. The lowest BCUT2D eigenvalue weighted by Gasteiger charge is -2.43. The Labute approximate surface area is 614 Å². The molecule has 4 aromatic rings. The van der Waals surface area contributed by atoms with Crippen molar-refractivity contribution in [2.24, 2.45) is 0 Å². The third-order valence-electron chi connectivity index (χ3n) is 16.8. The molecule has 0 aliphatic carbocycles. The summed E-state index contributed by atoms with van der Waals surface area (Å²) < 4.78 is 985. The molecule has 70 heteroatoms. The van der Waals surface area contributed by atoms with Crippen molar-refractivity contribution in [3.63, 3.8) is 0 Å². The van der Waals surface area contributed by atoms with E-state index >= 15 is 105 Å². The molecular weight excluding hydrogens is 1950 g/mol. The predicted octanol–water partition coefficient (Wildman–Crippen LogP) is 26.9. The van der Waals surface area contributed by atoms with Crippen molar-refractivity contribution in [2.45, 2.75) is 191 Å². The zero-order valence-electron chi connectivity index (χ0n) is 53.2. The van der Waals surface area contributed by atoms with Gasteiger partial charge in [0.15, 0.2) is 0 Å². The molecule has 4 rings (SSSR count). The van der Waals surface area contributed by atoms with Gasteiger partial charge in [-0.3, -0.25) is 0 Å². The van der Waals surface area contributed by atoms with Crippen molar-refractivity contribution in [1.29, 1.82) is 0 Å². The van der Waals surface area contributed by atoms with E-state index in [9.17, 15) is 203 Å². The third-order valence-corrected chi connectivity index (χ3v) is 16.8. The van der Waals surface area contributed by atoms with Gasteiger partial charge in [0.2, 0.25) is 0 Å². The zero-order valence-corrected chi connectivity index (χ0v) is 53.2. The number of hydrogen-bond acceptors (Lipinski definition) is 2. The minimum absolute atomic E-state index is 1.98. The van der Waals surface area contributed by atoms with Crippen LogP contribution in [0.4, 0.5) is 299 Å². The highest BCUT2D eigenvalue weighted by molar-refractivity contribution is 6.11. The van der Waals surface area contributed by atoms with E-state index in [2.05, 4.69) is 0 Å². The highest BCUT2D eigenvalue weighted by Gasteiger charge is 3.01. The second kappa shape index (κ2) is 27.4. The molecule has 0 saturated heterocycles. The number of halogens is 68. The minimum Gasteiger partial charge on any atom is -0.507 e. The summed E-state index contributed by atoms with van der Waals surface area (Å²) in [6.45, 7) is 0. The number of phenolic OH excluding ortho intramolecular Hbond substituents is 2. The number of rotatable bonds is 29. The number of phenols is 2. The van der Waals surface area contributed by atoms with E-state index in [1.54, 1.807) is 0 Å². The Morgan fingerprint density at radius 1 is 0.139 bits per heavy atom. The summed E-state index contributed by atoms with van der Waals surface area (Å²) in [5.41, 5.74) is -26.5. The van der Waals surface area contributed by atoms with Crippen LogP contribution < -0.4 is 0 Å². The lowest BCUT2D eigenvalue weighted by molar-refractivity contribution is -0.462. The standard InChI is InChI=1S/C52H10F68O2/c53-21(54,25(61,62)29(69,70)33(77,78)37(85,86)41(93,94)45(101,102)49(109,110)111)9-1-3-11-13(5-9)15(23(57,58)27(65,66)31(73,74)35(81,82)39(89,90)43(97,98)47(105,106)51(115,116)117)7-17(121)19(11)20-12-4-2-10(22(55,56)26(63,64)30(71,72)34(79,80)38(87,88)42(95,96)46(103,104)50(112,113)114)6-14(12)16(8-18(20)122)24(59,60)28(67,68)32(75,76)36(83,84)40(91,92)44(99,100)48(107,108)52(118,119)120/h1-8,121-122H. The molecule has 706 valence electrons. The monoisotopic (exact) mass is 1960 g/mol. The molecular formula is C52H10F68O2. The van der Waals surface area contributed by atoms with Gasteiger partial charge in [-0.1, -0.05) is 24.3 Å². The van der Waals surface area contributed by atoms with Gasteiger partial charge in [-0.25, -0.2) is 0 Å². The van der Waals surface area contributed by atoms with Crippen molar-refractivity contribution < 1.29 is 309 Å². The molecule has 0 aliphatic rings. The lowest BCUT2D eigenvalue weighted by atomic mass is 9.81. The maximum absolute atomic E-state index is 16.5. The molecule has 0 saturated carbocycles. The first-order valence-corrected chi connectivity index (χ1v) is 27.7. The summed E-state index contributed by atoms with van der Waals surface area (Å²) >= 11 is 0. The Morgan fingerprint density at radius 2 is 0.270 bits per heavy atom. The van der Waals surface area contributed by atoms with E-state index in [-0.39, 0.29) is 0 Å². The molecule has 0 unspecified atom stereocenters. The lowest BCUT2D eigenvalue weighted by Crippen LogP contribution is -2.74. The van der Waals surface area contributed by atoms with Crippen molar-refractivity contribution in [1.82, 2.24) is 0 Å². The van der Waals surface area contributed by atoms with Gasteiger partial charge in [-0.15, -0.1) is 0 Å². The van der Waals surface area contributed by atoms with Gasteiger partial charge in [0.25, 0.3) is 0 Å². The first-order valence-electron chi connectivity index (χ1n) is 27.7. The highest BCUT2D eigenvalue weighted by Crippen LogP contribution is 2.73. The molecule has 0 heterocycles. The Morgan fingerprint density at radius 3 is 0.418 bits per heavy atom. The molecule has 0 spiro atoms. The van der Waals surface area contributed by atoms with Gasteiger partial charge in [-0.2, -0.15) is 299 Å². The van der Waals surface area contributed by atoms with Gasteiger partial charge in [0, 0.05) is 33.4 Å². The molecule has 2 nitrogen and oxygen atoms in total. The van der Waals surface area contributed by atoms with Crippen molar-refractivity contribution in [3.8, 4) is 22.6 Å². The van der Waals surface area contributed by atoms with Crippen LogP contribution >= 0.6 is 0 Å². The van der Waals surface area contributed by atoms with E-state index in [4.69, 9.17) is 0 Å². The van der Waals surface area contributed by atoms with E-state index in [1.807, 2.05) is 0 Å². The number of fused-ring (bicyclic) bond motifs is 2. The highest BCUT2D eigenvalue weighted by atomic mass is 19.5. The van der Waals surface area contributed by atoms with Gasteiger partial charge < -0.3 is 10.2 Å². The Balaban J connectivity index is 2.58. The molecule has 0 amide bonds. The molecule has 0 fully saturated rings. The van der Waals surface area contributed by atoms with Crippen LogP contribution in [0.2, 0.25) is 0 Å². The van der Waals surface area contributed by atoms with Crippen LogP contribution in [0, 0.1) is 0 Å². The van der Waals surface area contributed by atoms with Gasteiger partial charge >= 0.3 is 191 Å². The molecule has 0 radical (unpaired) electrons. The van der Waals surface area contributed by atoms with Gasteiger partial charge in [0.05, 0.1) is 0 Å². The third kappa shape index (κ3) is 12.7. The summed E-state index contributed by atoms with van der Waals surface area (Å²) in [6.07, 6.45) is -34.8. The maximum atomic E-state index is 16.5. The largest absolute Gasteiger partial charge is 0.507 e. The van der Waals surface area contributed by atoms with E-state index in [1.165, 1.54) is 0 Å². The normalized spacial score (nSPS) is 16.6. The second-order valence-electron chi connectivity index (χ2n) is 24.2. The van der Waals surface area contributed by atoms with Crippen molar-refractivity contribution >= 4 is 21.5 Å². The summed E-state index contributed by atoms with van der Waals surface area (Å²) in [6, 6.07) is -18.8. The molecule has 2 N–H and O–H groups in total. The van der Waals surface area contributed by atoms with E-state index in [0.717, 1.165) is 0 Å². The van der Waals surface area contributed by atoms with Gasteiger partial charge in [-0.05, 0) is 45.8 Å². The van der Waals surface area contributed by atoms with Crippen LogP contribution in [0.1, 0.15) is 22.3 Å². The minimum atomic E-state index is -10.1. The number of alkyl halides is 68.